The maximum Gasteiger partial charge on any atom is 0.268 e. The Balaban J connectivity index is 0.00000530. The van der Waals surface area contributed by atoms with Crippen LogP contribution in [0.2, 0.25) is 0 Å². The van der Waals surface area contributed by atoms with Gasteiger partial charge in [0, 0.05) is 49.8 Å². The van der Waals surface area contributed by atoms with E-state index in [1.807, 2.05) is 24.4 Å². The quantitative estimate of drug-likeness (QED) is 0.127. The van der Waals surface area contributed by atoms with Crippen LogP contribution in [0.5, 0.6) is 11.5 Å². The molecule has 356 valence electrons. The summed E-state index contributed by atoms with van der Waals surface area (Å²) in [6, 6.07) is 68.6. The number of para-hydroxylation sites is 3. The summed E-state index contributed by atoms with van der Waals surface area (Å²) < 4.78 is 13.5. The predicted octanol–water partition coefficient (Wildman–Crippen LogP) is 16.2. The summed E-state index contributed by atoms with van der Waals surface area (Å²) in [5.41, 5.74) is 19.7. The maximum absolute atomic E-state index is 6.76. The van der Waals surface area contributed by atoms with Gasteiger partial charge in [0.2, 0.25) is 0 Å². The van der Waals surface area contributed by atoms with Crippen molar-refractivity contribution in [2.24, 2.45) is 0 Å². The van der Waals surface area contributed by atoms with Crippen LogP contribution >= 0.6 is 0 Å². The number of benzene rings is 8. The van der Waals surface area contributed by atoms with Crippen LogP contribution in [0.15, 0.2) is 176 Å². The molecule has 6 heteroatoms. The molecule has 0 saturated carbocycles. The van der Waals surface area contributed by atoms with Crippen LogP contribution in [0.3, 0.4) is 0 Å². The first-order valence-corrected chi connectivity index (χ1v) is 24.9. The summed E-state index contributed by atoms with van der Waals surface area (Å²) in [7, 11) is 0. The van der Waals surface area contributed by atoms with Gasteiger partial charge in [0.15, 0.2) is 0 Å². The minimum Gasteiger partial charge on any atom is -0.510 e. The normalized spacial score (nSPS) is 14.3. The van der Waals surface area contributed by atoms with E-state index < -0.39 is 0 Å². The summed E-state index contributed by atoms with van der Waals surface area (Å²) in [5.74, 6) is 2.03. The molecule has 0 fully saturated rings. The number of fused-ring (bicyclic) bond motifs is 13. The van der Waals surface area contributed by atoms with Crippen LogP contribution in [0.1, 0.15) is 78.0 Å². The Kier molecular flexibility index (Phi) is 10.7. The average molecular weight is 1110 g/mol. The van der Waals surface area contributed by atoms with E-state index in [4.69, 9.17) is 9.72 Å². The molecule has 0 spiro atoms. The van der Waals surface area contributed by atoms with E-state index >= 15 is 0 Å². The first kappa shape index (κ1) is 45.8. The summed E-state index contributed by atoms with van der Waals surface area (Å²) in [4.78, 5) is 4.89. The van der Waals surface area contributed by atoms with E-state index in [9.17, 15) is 0 Å². The fraction of sp³-hybridized carbons (Fsp3) is 0.182. The Morgan fingerprint density at radius 3 is 1.88 bits per heavy atom. The van der Waals surface area contributed by atoms with Gasteiger partial charge >= 0.3 is 0 Å². The fourth-order valence-corrected chi connectivity index (χ4v) is 11.7. The van der Waals surface area contributed by atoms with Crippen molar-refractivity contribution in [2.45, 2.75) is 77.6 Å². The zero-order valence-electron chi connectivity index (χ0n) is 41.7. The summed E-state index contributed by atoms with van der Waals surface area (Å²) >= 11 is 0. The molecule has 0 N–H and O–H groups in total. The fourth-order valence-electron chi connectivity index (χ4n) is 11.7. The molecule has 0 unspecified atom stereocenters. The number of aromatic nitrogens is 4. The monoisotopic (exact) mass is 1110 g/mol. The van der Waals surface area contributed by atoms with Crippen molar-refractivity contribution < 1.29 is 30.4 Å². The zero-order chi connectivity index (χ0) is 48.4. The first-order chi connectivity index (χ1) is 34.3. The van der Waals surface area contributed by atoms with Gasteiger partial charge in [-0.2, -0.15) is 18.2 Å². The smallest absolute Gasteiger partial charge is 0.268 e. The molecule has 0 aliphatic heterocycles. The van der Waals surface area contributed by atoms with Crippen LogP contribution in [0.25, 0.3) is 94.5 Å². The number of hydrogen-bond acceptors (Lipinski definition) is 2. The van der Waals surface area contributed by atoms with Crippen molar-refractivity contribution in [1.82, 2.24) is 14.1 Å². The molecule has 11 aromatic rings. The molecule has 0 radical (unpaired) electrons. The molecule has 72 heavy (non-hydrogen) atoms. The Labute approximate surface area is 436 Å². The molecule has 0 saturated heterocycles. The Hall–Kier alpha value is -7.33. The average Bonchev–Trinajstić information content (AvgIpc) is 3.93. The largest absolute Gasteiger partial charge is 0.510 e. The number of pyridine rings is 1. The zero-order valence-corrected chi connectivity index (χ0v) is 43.9. The second-order valence-corrected chi connectivity index (χ2v) is 21.8. The Morgan fingerprint density at radius 1 is 0.569 bits per heavy atom. The number of hydrogen-bond donors (Lipinski definition) is 0. The number of nitrogens with zero attached hydrogens (tertiary/aromatic N) is 4. The molecule has 8 aromatic carbocycles. The van der Waals surface area contributed by atoms with Crippen LogP contribution in [-0.4, -0.2) is 14.1 Å². The molecule has 5 nitrogen and oxygen atoms in total. The molecule has 0 bridgehead atoms. The number of rotatable bonds is 5. The molecule has 0 amide bonds. The molecular weight excluding hydrogens is 1060 g/mol. The van der Waals surface area contributed by atoms with Crippen LogP contribution in [0, 0.1) is 18.5 Å². The first-order valence-electron chi connectivity index (χ1n) is 24.9. The summed E-state index contributed by atoms with van der Waals surface area (Å²) in [5, 5.41) is 2.23. The SMILES string of the molecule is CC(C)(C)c1ccnc(-n2c3[c-]c(Oc4[c-]c(-n5[c-][n+](-c6c7c(cc8c6C(C)(C)CCC8(C)C)-c6ccccc6-c6ccccc6-c6ccccc6-7)c6ccccc65)ccc4)ccc3c3ccccc32)c1.[Pt]. The van der Waals surface area contributed by atoms with E-state index in [2.05, 4.69) is 232 Å². The van der Waals surface area contributed by atoms with Gasteiger partial charge in [0.25, 0.3) is 6.33 Å². The van der Waals surface area contributed by atoms with Gasteiger partial charge in [0.1, 0.15) is 5.82 Å². The topological polar surface area (TPSA) is 35.9 Å². The van der Waals surface area contributed by atoms with Crippen molar-refractivity contribution in [3.05, 3.63) is 211 Å². The molecule has 3 heterocycles. The third kappa shape index (κ3) is 7.22. The van der Waals surface area contributed by atoms with Crippen molar-refractivity contribution in [3.8, 4) is 73.2 Å². The standard InChI is InChI=1S/C66H54N4O.Pt/c1-64(2,3)42-33-36-67-60(37-42)70-56-28-15-14-26-51(56)52-32-31-45(39-59(52)70)71-44-20-18-19-43(38-44)68-41-69(58-30-17-16-29-57(58)68)63-61-53-27-13-12-24-49(53)47-22-9-8-21-46(47)48-23-10-11-25-50(48)54(61)40-55-62(63)66(6,7)35-34-65(55,4)5;/h8-33,36-37,40H,34-35H2,1-7H3;/q-2;. The van der Waals surface area contributed by atoms with E-state index in [0.717, 1.165) is 57.2 Å². The molecule has 3 aromatic heterocycles. The minimum atomic E-state index is -0.136. The van der Waals surface area contributed by atoms with Crippen LogP contribution in [0.4, 0.5) is 0 Å². The molecular formula is C66H54N4OPt-2. The van der Waals surface area contributed by atoms with E-state index in [0.29, 0.717) is 11.5 Å². The third-order valence-electron chi connectivity index (χ3n) is 15.4. The van der Waals surface area contributed by atoms with E-state index in [1.165, 1.54) is 66.9 Å². The van der Waals surface area contributed by atoms with Gasteiger partial charge in [-0.3, -0.25) is 4.57 Å². The van der Waals surface area contributed by atoms with E-state index in [1.54, 1.807) is 0 Å². The van der Waals surface area contributed by atoms with Crippen molar-refractivity contribution in [2.75, 3.05) is 0 Å². The van der Waals surface area contributed by atoms with E-state index in [-0.39, 0.29) is 37.3 Å². The van der Waals surface area contributed by atoms with Gasteiger partial charge in [-0.1, -0.05) is 175 Å². The molecule has 0 atom stereocenters. The second kappa shape index (κ2) is 16.9. The van der Waals surface area contributed by atoms with Crippen molar-refractivity contribution >= 4 is 32.8 Å². The van der Waals surface area contributed by atoms with Crippen LogP contribution in [-0.2, 0) is 37.3 Å². The third-order valence-corrected chi connectivity index (χ3v) is 15.4. The maximum atomic E-state index is 6.76. The van der Waals surface area contributed by atoms with Gasteiger partial charge in [-0.25, -0.2) is 4.98 Å². The molecule has 2 aliphatic carbocycles. The van der Waals surface area contributed by atoms with Gasteiger partial charge < -0.3 is 13.9 Å². The van der Waals surface area contributed by atoms with Gasteiger partial charge in [-0.05, 0) is 114 Å². The van der Waals surface area contributed by atoms with Crippen LogP contribution < -0.4 is 9.30 Å². The second-order valence-electron chi connectivity index (χ2n) is 21.8. The van der Waals surface area contributed by atoms with Crippen molar-refractivity contribution in [3.63, 3.8) is 0 Å². The number of imidazole rings is 1. The van der Waals surface area contributed by atoms with Gasteiger partial charge in [0.05, 0.1) is 16.7 Å². The van der Waals surface area contributed by atoms with Gasteiger partial charge in [-0.15, -0.1) is 29.7 Å². The Morgan fingerprint density at radius 2 is 1.17 bits per heavy atom. The number of ether oxygens (including phenoxy) is 1. The summed E-state index contributed by atoms with van der Waals surface area (Å²) in [6.07, 6.45) is 8.07. The minimum absolute atomic E-state index is 0. The summed E-state index contributed by atoms with van der Waals surface area (Å²) in [6.45, 7) is 16.5. The molecule has 2 aliphatic rings. The predicted molar refractivity (Wildman–Crippen MR) is 289 cm³/mol. The Bertz CT molecular complexity index is 3980. The van der Waals surface area contributed by atoms with Crippen molar-refractivity contribution in [1.29, 1.82) is 0 Å². The molecule has 13 rings (SSSR count).